The standard InChI is InChI=1S/C18H27FN4O3S/c1-14-16(19)6-5-7-17(14)20-18(24)22-12-15(13-22)23(27(2,25)26)11-10-21-8-3-4-9-21/h5-7,15H,3-4,8-13H2,1-2H3,(H,20,24). The number of rotatable bonds is 6. The summed E-state index contributed by atoms with van der Waals surface area (Å²) in [5, 5.41) is 2.70. The van der Waals surface area contributed by atoms with Crippen molar-refractivity contribution in [3.63, 3.8) is 0 Å². The number of hydrogen-bond acceptors (Lipinski definition) is 4. The first-order valence-corrected chi connectivity index (χ1v) is 11.1. The van der Waals surface area contributed by atoms with Gasteiger partial charge in [-0.2, -0.15) is 4.31 Å². The highest BCUT2D eigenvalue weighted by molar-refractivity contribution is 7.88. The summed E-state index contributed by atoms with van der Waals surface area (Å²) >= 11 is 0. The Balaban J connectivity index is 1.55. The van der Waals surface area contributed by atoms with Crippen LogP contribution in [-0.2, 0) is 10.0 Å². The molecule has 0 bridgehead atoms. The minimum Gasteiger partial charge on any atom is -0.321 e. The molecule has 2 heterocycles. The van der Waals surface area contributed by atoms with Gasteiger partial charge in [0.2, 0.25) is 10.0 Å². The van der Waals surface area contributed by atoms with Crippen molar-refractivity contribution >= 4 is 21.7 Å². The Morgan fingerprint density at radius 2 is 1.96 bits per heavy atom. The maximum Gasteiger partial charge on any atom is 0.321 e. The molecule has 2 aliphatic rings. The van der Waals surface area contributed by atoms with Crippen LogP contribution in [0.2, 0.25) is 0 Å². The molecule has 27 heavy (non-hydrogen) atoms. The summed E-state index contributed by atoms with van der Waals surface area (Å²) in [4.78, 5) is 16.2. The molecule has 7 nitrogen and oxygen atoms in total. The van der Waals surface area contributed by atoms with Gasteiger partial charge in [-0.1, -0.05) is 6.07 Å². The summed E-state index contributed by atoms with van der Waals surface area (Å²) in [6.45, 7) is 5.49. The number of anilines is 1. The molecule has 150 valence electrons. The van der Waals surface area contributed by atoms with Crippen LogP contribution in [0.25, 0.3) is 0 Å². The summed E-state index contributed by atoms with van der Waals surface area (Å²) in [6.07, 6.45) is 3.54. The Kier molecular flexibility index (Phi) is 6.02. The Labute approximate surface area is 160 Å². The molecule has 1 N–H and O–H groups in total. The zero-order valence-corrected chi connectivity index (χ0v) is 16.6. The number of carbonyl (C=O) groups is 1. The van der Waals surface area contributed by atoms with Crippen molar-refractivity contribution in [3.05, 3.63) is 29.6 Å². The van der Waals surface area contributed by atoms with E-state index in [0.29, 0.717) is 30.9 Å². The molecule has 2 saturated heterocycles. The third kappa shape index (κ3) is 4.77. The molecule has 9 heteroatoms. The first-order chi connectivity index (χ1) is 12.8. The molecule has 0 saturated carbocycles. The summed E-state index contributed by atoms with van der Waals surface area (Å²) in [5.74, 6) is -0.376. The Morgan fingerprint density at radius 3 is 2.59 bits per heavy atom. The van der Waals surface area contributed by atoms with Crippen molar-refractivity contribution in [1.29, 1.82) is 0 Å². The number of amides is 2. The lowest BCUT2D eigenvalue weighted by atomic mass is 10.1. The number of urea groups is 1. The molecule has 0 aliphatic carbocycles. The van der Waals surface area contributed by atoms with Crippen molar-refractivity contribution in [3.8, 4) is 0 Å². The average molecular weight is 399 g/mol. The first-order valence-electron chi connectivity index (χ1n) is 9.26. The highest BCUT2D eigenvalue weighted by Crippen LogP contribution is 2.22. The molecular weight excluding hydrogens is 371 g/mol. The van der Waals surface area contributed by atoms with Crippen molar-refractivity contribution in [2.45, 2.75) is 25.8 Å². The fourth-order valence-electron chi connectivity index (χ4n) is 3.61. The lowest BCUT2D eigenvalue weighted by molar-refractivity contribution is 0.104. The Bertz CT molecular complexity index is 790. The lowest BCUT2D eigenvalue weighted by Crippen LogP contribution is -2.63. The lowest BCUT2D eigenvalue weighted by Gasteiger charge is -2.44. The van der Waals surface area contributed by atoms with Crippen molar-refractivity contribution in [2.24, 2.45) is 0 Å². The summed E-state index contributed by atoms with van der Waals surface area (Å²) in [7, 11) is -3.34. The number of nitrogens with zero attached hydrogens (tertiary/aromatic N) is 3. The van der Waals surface area contributed by atoms with Crippen LogP contribution in [0.15, 0.2) is 18.2 Å². The third-order valence-electron chi connectivity index (χ3n) is 5.33. The van der Waals surface area contributed by atoms with Crippen LogP contribution < -0.4 is 5.32 Å². The number of benzene rings is 1. The Morgan fingerprint density at radius 1 is 1.30 bits per heavy atom. The maximum atomic E-state index is 13.6. The number of hydrogen-bond donors (Lipinski definition) is 1. The van der Waals surface area contributed by atoms with E-state index in [-0.39, 0.29) is 17.9 Å². The van der Waals surface area contributed by atoms with E-state index in [1.54, 1.807) is 24.0 Å². The molecule has 0 spiro atoms. The molecule has 0 radical (unpaired) electrons. The fourth-order valence-corrected chi connectivity index (χ4v) is 4.69. The van der Waals surface area contributed by atoms with Crippen LogP contribution in [0.1, 0.15) is 18.4 Å². The molecule has 0 aromatic heterocycles. The van der Waals surface area contributed by atoms with Gasteiger partial charge in [0, 0.05) is 37.4 Å². The van der Waals surface area contributed by atoms with Gasteiger partial charge in [-0.3, -0.25) is 0 Å². The zero-order chi connectivity index (χ0) is 19.6. The maximum absolute atomic E-state index is 13.6. The van der Waals surface area contributed by atoms with Crippen LogP contribution >= 0.6 is 0 Å². The van der Waals surface area contributed by atoms with Crippen molar-refractivity contribution in [1.82, 2.24) is 14.1 Å². The topological polar surface area (TPSA) is 73.0 Å². The van der Waals surface area contributed by atoms with Gasteiger partial charge >= 0.3 is 6.03 Å². The molecule has 2 fully saturated rings. The van der Waals surface area contributed by atoms with E-state index in [9.17, 15) is 17.6 Å². The monoisotopic (exact) mass is 398 g/mol. The van der Waals surface area contributed by atoms with Gasteiger partial charge in [0.25, 0.3) is 0 Å². The minimum absolute atomic E-state index is 0.207. The van der Waals surface area contributed by atoms with Gasteiger partial charge in [-0.25, -0.2) is 17.6 Å². The van der Waals surface area contributed by atoms with Gasteiger partial charge in [-0.05, 0) is 45.0 Å². The normalized spacial score (nSPS) is 18.7. The van der Waals surface area contributed by atoms with Crippen molar-refractivity contribution in [2.75, 3.05) is 50.8 Å². The number of carbonyl (C=O) groups excluding carboxylic acids is 1. The summed E-state index contributed by atoms with van der Waals surface area (Å²) in [6, 6.07) is 3.98. The van der Waals surface area contributed by atoms with Crippen LogP contribution in [0.3, 0.4) is 0 Å². The quantitative estimate of drug-likeness (QED) is 0.792. The molecule has 1 aromatic carbocycles. The largest absolute Gasteiger partial charge is 0.321 e. The van der Waals surface area contributed by atoms with Crippen LogP contribution in [0.4, 0.5) is 14.9 Å². The Hall–Kier alpha value is -1.71. The third-order valence-corrected chi connectivity index (χ3v) is 6.66. The van der Waals surface area contributed by atoms with E-state index in [0.717, 1.165) is 32.5 Å². The highest BCUT2D eigenvalue weighted by Gasteiger charge is 2.39. The van der Waals surface area contributed by atoms with Crippen LogP contribution in [0, 0.1) is 12.7 Å². The number of likely N-dealkylation sites (tertiary alicyclic amines) is 2. The SMILES string of the molecule is Cc1c(F)cccc1NC(=O)N1CC(N(CCN2CCCC2)S(C)(=O)=O)C1. The van der Waals surface area contributed by atoms with E-state index in [1.165, 1.54) is 16.6 Å². The molecule has 2 amide bonds. The predicted octanol–water partition coefficient (Wildman–Crippen LogP) is 1.71. The van der Waals surface area contributed by atoms with E-state index in [2.05, 4.69) is 10.2 Å². The summed E-state index contributed by atoms with van der Waals surface area (Å²) < 4.78 is 39.4. The van der Waals surface area contributed by atoms with E-state index >= 15 is 0 Å². The zero-order valence-electron chi connectivity index (χ0n) is 15.8. The number of halogens is 1. The van der Waals surface area contributed by atoms with Gasteiger partial charge < -0.3 is 15.1 Å². The molecule has 2 aliphatic heterocycles. The second-order valence-corrected chi connectivity index (χ2v) is 9.26. The second kappa shape index (κ2) is 8.12. The first kappa shape index (κ1) is 20.0. The predicted molar refractivity (Wildman–Crippen MR) is 103 cm³/mol. The molecule has 0 unspecified atom stereocenters. The number of sulfonamides is 1. The van der Waals surface area contributed by atoms with Crippen LogP contribution in [0.5, 0.6) is 0 Å². The van der Waals surface area contributed by atoms with Gasteiger partial charge in [0.15, 0.2) is 0 Å². The van der Waals surface area contributed by atoms with Gasteiger partial charge in [-0.15, -0.1) is 0 Å². The van der Waals surface area contributed by atoms with Crippen LogP contribution in [-0.4, -0.2) is 80.1 Å². The summed E-state index contributed by atoms with van der Waals surface area (Å²) in [5.41, 5.74) is 0.809. The second-order valence-electron chi connectivity index (χ2n) is 7.32. The molecule has 1 aromatic rings. The van der Waals surface area contributed by atoms with Gasteiger partial charge in [0.1, 0.15) is 5.82 Å². The van der Waals surface area contributed by atoms with E-state index in [1.807, 2.05) is 0 Å². The molecule has 3 rings (SSSR count). The smallest absolute Gasteiger partial charge is 0.321 e. The molecule has 0 atom stereocenters. The van der Waals surface area contributed by atoms with Gasteiger partial charge in [0.05, 0.1) is 12.3 Å². The number of nitrogens with one attached hydrogen (secondary N) is 1. The van der Waals surface area contributed by atoms with Crippen molar-refractivity contribution < 1.29 is 17.6 Å². The van der Waals surface area contributed by atoms with E-state index < -0.39 is 10.0 Å². The average Bonchev–Trinajstić information content (AvgIpc) is 3.05. The fraction of sp³-hybridized carbons (Fsp3) is 0.611. The minimum atomic E-state index is -3.34. The van der Waals surface area contributed by atoms with E-state index in [4.69, 9.17) is 0 Å². The highest BCUT2D eigenvalue weighted by atomic mass is 32.2. The molecular formula is C18H27FN4O3S.